The Bertz CT molecular complexity index is 1440. The molecule has 0 radical (unpaired) electrons. The molecule has 0 aliphatic carbocycles. The van der Waals surface area contributed by atoms with Crippen LogP contribution in [-0.2, 0) is 10.2 Å². The topological polar surface area (TPSA) is 127 Å². The summed E-state index contributed by atoms with van der Waals surface area (Å²) in [5.41, 5.74) is -0.859. The summed E-state index contributed by atoms with van der Waals surface area (Å²) in [4.78, 5) is 21.4. The highest BCUT2D eigenvalue weighted by molar-refractivity contribution is 7.90. The van der Waals surface area contributed by atoms with E-state index in [2.05, 4.69) is 9.71 Å². The maximum absolute atomic E-state index is 14.6. The van der Waals surface area contributed by atoms with E-state index in [4.69, 9.17) is 9.57 Å². The first-order valence-corrected chi connectivity index (χ1v) is 11.1. The van der Waals surface area contributed by atoms with Crippen LogP contribution in [0.15, 0.2) is 41.5 Å². The molecule has 0 bridgehead atoms. The predicted molar refractivity (Wildman–Crippen MR) is 113 cm³/mol. The first-order valence-electron chi connectivity index (χ1n) is 9.62. The maximum atomic E-state index is 14.6. The molecule has 0 unspecified atom stereocenters. The molecule has 3 aromatic rings. The first kappa shape index (κ1) is 22.4. The first-order chi connectivity index (χ1) is 15.7. The van der Waals surface area contributed by atoms with Crippen LogP contribution < -0.4 is 19.9 Å². The number of nitriles is 1. The van der Waals surface area contributed by atoms with E-state index in [1.165, 1.54) is 31.6 Å². The Labute approximate surface area is 186 Å². The molecule has 2 heterocycles. The fraction of sp³-hybridized carbons (Fsp3) is 0.250. The lowest BCUT2D eigenvalue weighted by atomic mass is 10.1. The summed E-state index contributed by atoms with van der Waals surface area (Å²) < 4.78 is 62.7. The number of rotatable bonds is 6. The van der Waals surface area contributed by atoms with E-state index in [1.54, 1.807) is 6.07 Å². The van der Waals surface area contributed by atoms with Gasteiger partial charge in [-0.2, -0.15) is 18.0 Å². The van der Waals surface area contributed by atoms with Gasteiger partial charge in [-0.1, -0.05) is 0 Å². The Hall–Kier alpha value is -3.76. The summed E-state index contributed by atoms with van der Waals surface area (Å²) in [6, 6.07) is 7.90. The summed E-state index contributed by atoms with van der Waals surface area (Å²) >= 11 is 0. The second kappa shape index (κ2) is 8.64. The third-order valence-corrected chi connectivity index (χ3v) is 6.50. The number of benzene rings is 2. The van der Waals surface area contributed by atoms with Gasteiger partial charge in [0.05, 0.1) is 16.6 Å². The highest BCUT2D eigenvalue weighted by Crippen LogP contribution is 2.34. The summed E-state index contributed by atoms with van der Waals surface area (Å²) in [5.74, 6) is -1.47. The van der Waals surface area contributed by atoms with Gasteiger partial charge in [0.2, 0.25) is 0 Å². The highest BCUT2D eigenvalue weighted by Gasteiger charge is 2.32. The van der Waals surface area contributed by atoms with Gasteiger partial charge < -0.3 is 9.57 Å². The molecule has 1 saturated heterocycles. The molecule has 0 saturated carbocycles. The van der Waals surface area contributed by atoms with Gasteiger partial charge in [0.1, 0.15) is 37.0 Å². The Morgan fingerprint density at radius 1 is 1.30 bits per heavy atom. The number of alkyl halides is 1. The van der Waals surface area contributed by atoms with Crippen LogP contribution in [0.3, 0.4) is 0 Å². The molecule has 2 aromatic carbocycles. The van der Waals surface area contributed by atoms with Crippen molar-refractivity contribution in [1.82, 2.24) is 14.0 Å². The van der Waals surface area contributed by atoms with Gasteiger partial charge >= 0.3 is 10.2 Å². The Balaban J connectivity index is 1.71. The lowest BCUT2D eigenvalue weighted by Crippen LogP contribution is -2.34. The highest BCUT2D eigenvalue weighted by atomic mass is 32.2. The van der Waals surface area contributed by atoms with E-state index in [0.29, 0.717) is 5.52 Å². The van der Waals surface area contributed by atoms with E-state index in [1.807, 2.05) is 0 Å². The van der Waals surface area contributed by atoms with Gasteiger partial charge in [-0.3, -0.25) is 9.52 Å². The van der Waals surface area contributed by atoms with E-state index in [-0.39, 0.29) is 36.3 Å². The van der Waals surface area contributed by atoms with Crippen molar-refractivity contribution in [2.45, 2.75) is 12.6 Å². The van der Waals surface area contributed by atoms with Crippen molar-refractivity contribution in [3.8, 4) is 17.6 Å². The molecular weight excluding hydrogens is 460 g/mol. The van der Waals surface area contributed by atoms with Crippen LogP contribution in [-0.4, -0.2) is 48.8 Å². The van der Waals surface area contributed by atoms with Gasteiger partial charge in [-0.25, -0.2) is 13.8 Å². The summed E-state index contributed by atoms with van der Waals surface area (Å²) in [7, 11) is -2.89. The van der Waals surface area contributed by atoms with Crippen molar-refractivity contribution in [3.05, 3.63) is 58.4 Å². The monoisotopic (exact) mass is 477 g/mol. The van der Waals surface area contributed by atoms with Gasteiger partial charge in [0.15, 0.2) is 11.6 Å². The average molecular weight is 477 g/mol. The molecule has 1 N–H and O–H groups in total. The average Bonchev–Trinajstić information content (AvgIpc) is 3.24. The Morgan fingerprint density at radius 3 is 2.76 bits per heavy atom. The number of halogens is 2. The lowest BCUT2D eigenvalue weighted by molar-refractivity contribution is 0.155. The number of nitrogens with one attached hydrogen (secondary N) is 1. The van der Waals surface area contributed by atoms with Crippen molar-refractivity contribution in [3.63, 3.8) is 0 Å². The lowest BCUT2D eigenvalue weighted by Gasteiger charge is -2.18. The molecule has 172 valence electrons. The molecule has 33 heavy (non-hydrogen) atoms. The number of hydrogen-bond acceptors (Lipinski definition) is 7. The number of hydrogen-bond donors (Lipinski definition) is 1. The molecule has 1 fully saturated rings. The molecular formula is C20H17F2N5O5S. The standard InChI is InChI=1S/C20H17F2N5O5S/c1-31-27-11-24-17-4-2-13(8-14(17)20(27)28)32-19-15(9-23)18(5-3-16(19)22)25-33(29,30)26-7-6-12(21)10-26/h2-5,8,11-12,25H,6-7,10H2,1H3/t12-/m1/s1. The quantitative estimate of drug-likeness (QED) is 0.575. The molecule has 1 atom stereocenters. The zero-order valence-electron chi connectivity index (χ0n) is 17.2. The van der Waals surface area contributed by atoms with Crippen LogP contribution in [0.4, 0.5) is 14.5 Å². The van der Waals surface area contributed by atoms with Crippen molar-refractivity contribution < 1.29 is 26.8 Å². The molecule has 0 amide bonds. The SMILES string of the molecule is COn1cnc2ccc(Oc3c(F)ccc(NS(=O)(=O)N4CC[C@@H](F)C4)c3C#N)cc2c1=O. The third kappa shape index (κ3) is 4.30. The van der Waals surface area contributed by atoms with Crippen molar-refractivity contribution in [2.75, 3.05) is 24.9 Å². The molecule has 1 aromatic heterocycles. The second-order valence-electron chi connectivity index (χ2n) is 7.10. The Morgan fingerprint density at radius 2 is 2.09 bits per heavy atom. The normalized spacial score (nSPS) is 16.5. The van der Waals surface area contributed by atoms with Gasteiger partial charge in [-0.15, -0.1) is 4.73 Å². The zero-order chi connectivity index (χ0) is 23.8. The Kier molecular flexibility index (Phi) is 5.88. The van der Waals surface area contributed by atoms with Crippen LogP contribution in [0.5, 0.6) is 11.5 Å². The van der Waals surface area contributed by atoms with Crippen molar-refractivity contribution in [1.29, 1.82) is 5.26 Å². The number of ether oxygens (including phenoxy) is 1. The smallest absolute Gasteiger partial charge is 0.301 e. The van der Waals surface area contributed by atoms with E-state index in [9.17, 15) is 27.3 Å². The molecule has 10 nitrogen and oxygen atoms in total. The molecule has 1 aliphatic rings. The van der Waals surface area contributed by atoms with E-state index in [0.717, 1.165) is 21.2 Å². The summed E-state index contributed by atoms with van der Waals surface area (Å²) in [5, 5.41) is 9.72. The zero-order valence-corrected chi connectivity index (χ0v) is 18.0. The molecule has 4 rings (SSSR count). The minimum absolute atomic E-state index is 0.00507. The number of fused-ring (bicyclic) bond motifs is 1. The maximum Gasteiger partial charge on any atom is 0.301 e. The van der Waals surface area contributed by atoms with Crippen molar-refractivity contribution in [2.24, 2.45) is 0 Å². The number of aromatic nitrogens is 2. The minimum Gasteiger partial charge on any atom is -0.453 e. The molecule has 0 spiro atoms. The van der Waals surface area contributed by atoms with Gasteiger partial charge in [-0.05, 0) is 36.8 Å². The fourth-order valence-corrected chi connectivity index (χ4v) is 4.64. The molecule has 13 heteroatoms. The fourth-order valence-electron chi connectivity index (χ4n) is 3.36. The van der Waals surface area contributed by atoms with Crippen LogP contribution in [0.2, 0.25) is 0 Å². The molecule has 1 aliphatic heterocycles. The van der Waals surface area contributed by atoms with Crippen LogP contribution >= 0.6 is 0 Å². The predicted octanol–water partition coefficient (Wildman–Crippen LogP) is 1.96. The van der Waals surface area contributed by atoms with Crippen LogP contribution in [0, 0.1) is 17.1 Å². The second-order valence-corrected chi connectivity index (χ2v) is 8.77. The minimum atomic E-state index is -4.18. The third-order valence-electron chi connectivity index (χ3n) is 5.01. The largest absolute Gasteiger partial charge is 0.453 e. The number of anilines is 1. The van der Waals surface area contributed by atoms with Crippen LogP contribution in [0.1, 0.15) is 12.0 Å². The summed E-state index contributed by atoms with van der Waals surface area (Å²) in [6.45, 7) is -0.334. The van der Waals surface area contributed by atoms with E-state index < -0.39 is 39.1 Å². The van der Waals surface area contributed by atoms with Crippen LogP contribution in [0.25, 0.3) is 10.9 Å². The van der Waals surface area contributed by atoms with Crippen molar-refractivity contribution >= 4 is 26.8 Å². The number of nitrogens with zero attached hydrogens (tertiary/aromatic N) is 4. The summed E-state index contributed by atoms with van der Waals surface area (Å²) in [6.07, 6.45) is -0.0281. The van der Waals surface area contributed by atoms with Gasteiger partial charge in [0.25, 0.3) is 5.56 Å². The van der Waals surface area contributed by atoms with Gasteiger partial charge in [0, 0.05) is 13.1 Å². The van der Waals surface area contributed by atoms with E-state index >= 15 is 0 Å².